The smallest absolute Gasteiger partial charge is 0.407 e. The largest absolute Gasteiger partial charge is 0.465 e. The summed E-state index contributed by atoms with van der Waals surface area (Å²) in [6.45, 7) is 2.16. The molecule has 2 aliphatic rings. The first kappa shape index (κ1) is 23.4. The van der Waals surface area contributed by atoms with Gasteiger partial charge in [-0.2, -0.15) is 0 Å². The number of fused-ring (bicyclic) bond motifs is 3. The van der Waals surface area contributed by atoms with Crippen LogP contribution in [0.3, 0.4) is 0 Å². The zero-order chi connectivity index (χ0) is 26.5. The summed E-state index contributed by atoms with van der Waals surface area (Å²) in [6, 6.07) is 26.7. The number of imidazole rings is 1. The Balaban J connectivity index is 1.26. The molecule has 2 aliphatic heterocycles. The highest BCUT2D eigenvalue weighted by Gasteiger charge is 2.45. The van der Waals surface area contributed by atoms with Crippen molar-refractivity contribution >= 4 is 23.1 Å². The molecule has 2 fully saturated rings. The maximum atomic E-state index is 11.4. The molecule has 2 bridgehead atoms. The monoisotopic (exact) mass is 517 g/mol. The Morgan fingerprint density at radius 1 is 0.923 bits per heavy atom. The highest BCUT2D eigenvalue weighted by atomic mass is 16.4. The minimum absolute atomic E-state index is 0.0986. The number of nitrogens with two attached hydrogens (primary N) is 1. The number of carboxylic acid groups (broad SMARTS) is 1. The van der Waals surface area contributed by atoms with Crippen LogP contribution in [0.2, 0.25) is 0 Å². The summed E-state index contributed by atoms with van der Waals surface area (Å²) in [5.41, 5.74) is 12.6. The van der Waals surface area contributed by atoms with E-state index < -0.39 is 6.09 Å². The van der Waals surface area contributed by atoms with Crippen molar-refractivity contribution in [2.24, 2.45) is 0 Å². The molecular formula is C30H27N7O2. The maximum Gasteiger partial charge on any atom is 0.407 e. The Morgan fingerprint density at radius 2 is 1.74 bits per heavy atom. The van der Waals surface area contributed by atoms with Crippen LogP contribution in [0.15, 0.2) is 85.1 Å². The molecule has 0 unspecified atom stereocenters. The number of rotatable bonds is 5. The molecule has 3 N–H and O–H groups in total. The third-order valence-electron chi connectivity index (χ3n) is 7.83. The second kappa shape index (κ2) is 9.21. The van der Waals surface area contributed by atoms with Gasteiger partial charge in [0, 0.05) is 49.2 Å². The fourth-order valence-corrected chi connectivity index (χ4v) is 5.92. The first-order valence-corrected chi connectivity index (χ1v) is 13.0. The topological polar surface area (TPSA) is 113 Å². The number of pyridine rings is 2. The number of carbonyl (C=O) groups is 1. The van der Waals surface area contributed by atoms with Crippen molar-refractivity contribution in [2.75, 3.05) is 18.8 Å². The summed E-state index contributed by atoms with van der Waals surface area (Å²) in [7, 11) is 0. The number of likely N-dealkylation sites (tertiary alicyclic amines) is 2. The van der Waals surface area contributed by atoms with Crippen LogP contribution < -0.4 is 5.73 Å². The molecule has 0 spiro atoms. The molecule has 0 radical (unpaired) electrons. The van der Waals surface area contributed by atoms with Crippen LogP contribution in [0.1, 0.15) is 12.0 Å². The molecule has 2 saturated heterocycles. The van der Waals surface area contributed by atoms with Crippen LogP contribution >= 0.6 is 0 Å². The molecular weight excluding hydrogens is 490 g/mol. The van der Waals surface area contributed by atoms with Gasteiger partial charge in [-0.1, -0.05) is 42.5 Å². The van der Waals surface area contributed by atoms with E-state index in [0.29, 0.717) is 18.2 Å². The number of hydrogen-bond acceptors (Lipinski definition) is 6. The number of hydrogen-bond donors (Lipinski definition) is 2. The lowest BCUT2D eigenvalue weighted by molar-refractivity contribution is 0.100. The Bertz CT molecular complexity index is 1680. The molecule has 194 valence electrons. The second-order valence-corrected chi connectivity index (χ2v) is 10.2. The van der Waals surface area contributed by atoms with E-state index in [1.54, 1.807) is 11.1 Å². The van der Waals surface area contributed by atoms with Crippen molar-refractivity contribution in [3.63, 3.8) is 0 Å². The SMILES string of the molecule is Nc1ncccc1-c1nc2ccc(-c3ccccc3)nc2n1-c1ccc(CN2C[C@@H]3C[C@H]2CN3C(=O)O)cc1. The third-order valence-corrected chi connectivity index (χ3v) is 7.83. The quantitative estimate of drug-likeness (QED) is 0.348. The predicted molar refractivity (Wildman–Crippen MR) is 149 cm³/mol. The highest BCUT2D eigenvalue weighted by molar-refractivity contribution is 5.84. The fourth-order valence-electron chi connectivity index (χ4n) is 5.92. The number of piperazine rings is 1. The lowest BCUT2D eigenvalue weighted by atomic mass is 10.1. The van der Waals surface area contributed by atoms with Gasteiger partial charge in [-0.3, -0.25) is 9.47 Å². The Morgan fingerprint density at radius 3 is 2.46 bits per heavy atom. The van der Waals surface area contributed by atoms with Crippen molar-refractivity contribution in [2.45, 2.75) is 25.0 Å². The summed E-state index contributed by atoms with van der Waals surface area (Å²) in [5, 5.41) is 9.39. The van der Waals surface area contributed by atoms with Crippen molar-refractivity contribution in [3.8, 4) is 28.3 Å². The van der Waals surface area contributed by atoms with E-state index in [2.05, 4.69) is 34.1 Å². The number of amides is 1. The average molecular weight is 518 g/mol. The highest BCUT2D eigenvalue weighted by Crippen LogP contribution is 2.34. The minimum Gasteiger partial charge on any atom is -0.465 e. The number of aromatic nitrogens is 4. The van der Waals surface area contributed by atoms with E-state index in [9.17, 15) is 9.90 Å². The standard InChI is InChI=1S/C30H27N7O2/c31-27-24(7-4-14-32-27)28-34-26-13-12-25(20-5-2-1-3-6-20)33-29(26)37(28)21-10-8-19(9-11-21)16-35-17-23-15-22(35)18-36(23)30(38)39/h1-14,22-23H,15-18H2,(H2,31,32)(H,38,39)/t22-,23-/m0/s1. The Hall–Kier alpha value is -4.76. The van der Waals surface area contributed by atoms with E-state index in [4.69, 9.17) is 15.7 Å². The molecule has 9 nitrogen and oxygen atoms in total. The van der Waals surface area contributed by atoms with Crippen molar-refractivity contribution in [1.82, 2.24) is 29.3 Å². The molecule has 1 amide bonds. The normalized spacial score (nSPS) is 18.7. The summed E-state index contributed by atoms with van der Waals surface area (Å²) in [6.07, 6.45) is 1.78. The van der Waals surface area contributed by atoms with Gasteiger partial charge >= 0.3 is 6.09 Å². The number of benzene rings is 2. The third kappa shape index (κ3) is 4.07. The van der Waals surface area contributed by atoms with Crippen LogP contribution in [-0.4, -0.2) is 65.7 Å². The Kier molecular flexibility index (Phi) is 5.52. The maximum absolute atomic E-state index is 11.4. The molecule has 2 aromatic carbocycles. The van der Waals surface area contributed by atoms with Gasteiger partial charge in [0.25, 0.3) is 0 Å². The zero-order valence-corrected chi connectivity index (χ0v) is 21.2. The molecule has 5 heterocycles. The summed E-state index contributed by atoms with van der Waals surface area (Å²) in [4.78, 5) is 29.7. The molecule has 5 aromatic rings. The molecule has 0 saturated carbocycles. The van der Waals surface area contributed by atoms with Crippen LogP contribution in [0.4, 0.5) is 10.6 Å². The van der Waals surface area contributed by atoms with Gasteiger partial charge in [-0.05, 0) is 48.4 Å². The van der Waals surface area contributed by atoms with E-state index in [1.165, 1.54) is 5.56 Å². The van der Waals surface area contributed by atoms with Gasteiger partial charge in [0.15, 0.2) is 11.5 Å². The van der Waals surface area contributed by atoms with Crippen LogP contribution in [-0.2, 0) is 6.54 Å². The van der Waals surface area contributed by atoms with Crippen molar-refractivity contribution in [3.05, 3.63) is 90.6 Å². The van der Waals surface area contributed by atoms with Gasteiger partial charge < -0.3 is 15.7 Å². The van der Waals surface area contributed by atoms with Gasteiger partial charge in [0.2, 0.25) is 0 Å². The molecule has 3 aromatic heterocycles. The first-order valence-electron chi connectivity index (χ1n) is 13.0. The van der Waals surface area contributed by atoms with Gasteiger partial charge in [0.1, 0.15) is 11.3 Å². The van der Waals surface area contributed by atoms with E-state index in [0.717, 1.165) is 53.2 Å². The van der Waals surface area contributed by atoms with Crippen molar-refractivity contribution < 1.29 is 9.90 Å². The summed E-state index contributed by atoms with van der Waals surface area (Å²) < 4.78 is 2.04. The lowest BCUT2D eigenvalue weighted by Crippen LogP contribution is -2.47. The van der Waals surface area contributed by atoms with E-state index in [-0.39, 0.29) is 12.1 Å². The first-order chi connectivity index (χ1) is 19.0. The Labute approximate surface area is 225 Å². The minimum atomic E-state index is -0.812. The second-order valence-electron chi connectivity index (χ2n) is 10.2. The molecule has 39 heavy (non-hydrogen) atoms. The van der Waals surface area contributed by atoms with Crippen molar-refractivity contribution in [1.29, 1.82) is 0 Å². The van der Waals surface area contributed by atoms with E-state index in [1.807, 2.05) is 59.2 Å². The number of nitrogen functional groups attached to an aromatic ring is 1. The number of nitrogens with zero attached hydrogens (tertiary/aromatic N) is 6. The molecule has 0 aliphatic carbocycles. The van der Waals surface area contributed by atoms with Crippen LogP contribution in [0, 0.1) is 0 Å². The fraction of sp³-hybridized carbons (Fsp3) is 0.200. The van der Waals surface area contributed by atoms with Gasteiger partial charge in [0.05, 0.1) is 11.3 Å². The lowest BCUT2D eigenvalue weighted by Gasteiger charge is -2.32. The summed E-state index contributed by atoms with van der Waals surface area (Å²) in [5.74, 6) is 1.10. The number of anilines is 1. The average Bonchev–Trinajstić information content (AvgIpc) is 3.67. The molecule has 7 rings (SSSR count). The van der Waals surface area contributed by atoms with Gasteiger partial charge in [-0.25, -0.2) is 19.7 Å². The van der Waals surface area contributed by atoms with Crippen LogP contribution in [0.25, 0.3) is 39.5 Å². The summed E-state index contributed by atoms with van der Waals surface area (Å²) >= 11 is 0. The zero-order valence-electron chi connectivity index (χ0n) is 21.2. The predicted octanol–water partition coefficient (Wildman–Crippen LogP) is 4.67. The van der Waals surface area contributed by atoms with E-state index >= 15 is 0 Å². The molecule has 2 atom stereocenters. The molecule has 9 heteroatoms. The van der Waals surface area contributed by atoms with Gasteiger partial charge in [-0.15, -0.1) is 0 Å². The van der Waals surface area contributed by atoms with Crippen LogP contribution in [0.5, 0.6) is 0 Å².